The average Bonchev–Trinajstić information content (AvgIpc) is 2.64. The van der Waals surface area contributed by atoms with E-state index in [1.165, 1.54) is 0 Å². The summed E-state index contributed by atoms with van der Waals surface area (Å²) in [5.74, 6) is 0. The maximum absolute atomic E-state index is 6.44. The largest absolute Gasteiger partial charge is 0.309 e. The Kier molecular flexibility index (Phi) is 4.13. The highest BCUT2D eigenvalue weighted by Crippen LogP contribution is 2.24. The Hall–Kier alpha value is -1.10. The lowest BCUT2D eigenvalue weighted by atomic mass is 10.1. The second kappa shape index (κ2) is 5.49. The monoisotopic (exact) mass is 262 g/mol. The zero-order valence-electron chi connectivity index (χ0n) is 12.4. The topological polar surface area (TPSA) is 44.5 Å². The normalized spacial score (nSPS) is 25.7. The van der Waals surface area contributed by atoms with Gasteiger partial charge in [-0.1, -0.05) is 6.08 Å². The Labute approximate surface area is 116 Å². The summed E-state index contributed by atoms with van der Waals surface area (Å²) in [6, 6.07) is 1.08. The molecule has 1 unspecified atom stereocenters. The number of hydrogen-bond acceptors (Lipinski definition) is 4. The van der Waals surface area contributed by atoms with Crippen LogP contribution in [-0.2, 0) is 0 Å². The number of hydrazine groups is 1. The molecule has 0 fully saturated rings. The molecule has 0 spiro atoms. The SMILES string of the molecule is CC(C)N(CCC1(N)C=C2C=CC=CN2N1)C(C)C. The van der Waals surface area contributed by atoms with Crippen LogP contribution in [-0.4, -0.2) is 34.2 Å². The number of fused-ring (bicyclic) bond motifs is 1. The van der Waals surface area contributed by atoms with E-state index < -0.39 is 5.66 Å². The van der Waals surface area contributed by atoms with Crippen molar-refractivity contribution in [3.63, 3.8) is 0 Å². The fourth-order valence-corrected chi connectivity index (χ4v) is 2.75. The van der Waals surface area contributed by atoms with Crippen molar-refractivity contribution < 1.29 is 0 Å². The molecule has 0 amide bonds. The molecule has 106 valence electrons. The molecule has 1 atom stereocenters. The highest BCUT2D eigenvalue weighted by atomic mass is 15.6. The summed E-state index contributed by atoms with van der Waals surface area (Å²) >= 11 is 0. The Morgan fingerprint density at radius 2 is 1.95 bits per heavy atom. The summed E-state index contributed by atoms with van der Waals surface area (Å²) in [5.41, 5.74) is 10.5. The van der Waals surface area contributed by atoms with E-state index in [4.69, 9.17) is 5.73 Å². The van der Waals surface area contributed by atoms with Gasteiger partial charge in [0.15, 0.2) is 0 Å². The van der Waals surface area contributed by atoms with Gasteiger partial charge >= 0.3 is 0 Å². The lowest BCUT2D eigenvalue weighted by Crippen LogP contribution is -2.54. The van der Waals surface area contributed by atoms with E-state index in [-0.39, 0.29) is 0 Å². The van der Waals surface area contributed by atoms with Gasteiger partial charge in [0.05, 0.1) is 5.70 Å². The van der Waals surface area contributed by atoms with Crippen LogP contribution in [0.3, 0.4) is 0 Å². The molecule has 3 N–H and O–H groups in total. The predicted molar refractivity (Wildman–Crippen MR) is 79.9 cm³/mol. The van der Waals surface area contributed by atoms with Gasteiger partial charge in [-0.05, 0) is 52.3 Å². The van der Waals surface area contributed by atoms with Crippen LogP contribution in [0.2, 0.25) is 0 Å². The van der Waals surface area contributed by atoms with Crippen LogP contribution in [0.15, 0.2) is 36.2 Å². The minimum Gasteiger partial charge on any atom is -0.309 e. The molecule has 19 heavy (non-hydrogen) atoms. The molecule has 0 aromatic carbocycles. The van der Waals surface area contributed by atoms with Crippen LogP contribution >= 0.6 is 0 Å². The first kappa shape index (κ1) is 14.3. The van der Waals surface area contributed by atoms with Crippen LogP contribution in [0, 0.1) is 0 Å². The summed E-state index contributed by atoms with van der Waals surface area (Å²) in [6.45, 7) is 9.93. The first-order valence-electron chi connectivity index (χ1n) is 7.11. The molecule has 0 radical (unpaired) electrons. The maximum Gasteiger partial charge on any atom is 0.107 e. The highest BCUT2D eigenvalue weighted by molar-refractivity contribution is 5.33. The van der Waals surface area contributed by atoms with Crippen LogP contribution in [0.5, 0.6) is 0 Å². The number of allylic oxidation sites excluding steroid dienone is 3. The molecule has 4 nitrogen and oxygen atoms in total. The fourth-order valence-electron chi connectivity index (χ4n) is 2.75. The summed E-state index contributed by atoms with van der Waals surface area (Å²) in [5, 5.41) is 2.00. The zero-order valence-corrected chi connectivity index (χ0v) is 12.4. The van der Waals surface area contributed by atoms with Crippen LogP contribution < -0.4 is 11.2 Å². The standard InChI is InChI=1S/C15H26N4/c1-12(2)18(13(3)4)10-8-15(16)11-14-7-5-6-9-19(14)17-15/h5-7,9,11-13,17H,8,10,16H2,1-4H3. The van der Waals surface area contributed by atoms with Crippen LogP contribution in [0.4, 0.5) is 0 Å². The predicted octanol–water partition coefficient (Wildman–Crippen LogP) is 1.94. The van der Waals surface area contributed by atoms with E-state index in [0.717, 1.165) is 18.7 Å². The number of nitrogens with zero attached hydrogens (tertiary/aromatic N) is 2. The summed E-state index contributed by atoms with van der Waals surface area (Å²) in [7, 11) is 0. The average molecular weight is 262 g/mol. The van der Waals surface area contributed by atoms with E-state index >= 15 is 0 Å². The molecule has 2 aliphatic rings. The number of rotatable bonds is 5. The minimum absolute atomic E-state index is 0.448. The minimum atomic E-state index is -0.448. The number of nitrogens with one attached hydrogen (secondary N) is 1. The number of hydrogen-bond donors (Lipinski definition) is 2. The first-order valence-corrected chi connectivity index (χ1v) is 7.11. The Morgan fingerprint density at radius 3 is 2.53 bits per heavy atom. The summed E-state index contributed by atoms with van der Waals surface area (Å²) in [6.07, 6.45) is 11.1. The van der Waals surface area contributed by atoms with E-state index in [9.17, 15) is 0 Å². The van der Waals surface area contributed by atoms with Crippen molar-refractivity contribution in [1.82, 2.24) is 15.3 Å². The first-order chi connectivity index (χ1) is 8.91. The van der Waals surface area contributed by atoms with Gasteiger partial charge in [-0.25, -0.2) is 5.43 Å². The molecule has 4 heteroatoms. The van der Waals surface area contributed by atoms with Crippen molar-refractivity contribution in [2.24, 2.45) is 5.73 Å². The number of nitrogens with two attached hydrogens (primary N) is 1. The Balaban J connectivity index is 1.98. The van der Waals surface area contributed by atoms with Gasteiger partial charge in [-0.3, -0.25) is 9.91 Å². The van der Waals surface area contributed by atoms with Gasteiger partial charge < -0.3 is 5.73 Å². The van der Waals surface area contributed by atoms with E-state index in [0.29, 0.717) is 12.1 Å². The molecule has 2 heterocycles. The van der Waals surface area contributed by atoms with Crippen molar-refractivity contribution in [1.29, 1.82) is 0 Å². The molecule has 0 saturated carbocycles. The third-order valence-corrected chi connectivity index (χ3v) is 3.74. The van der Waals surface area contributed by atoms with Crippen molar-refractivity contribution in [3.05, 3.63) is 36.2 Å². The molecule has 2 rings (SSSR count). The Bertz CT molecular complexity index is 400. The third-order valence-electron chi connectivity index (χ3n) is 3.74. The molecule has 2 aliphatic heterocycles. The lowest BCUT2D eigenvalue weighted by molar-refractivity contribution is 0.148. The molecule has 0 aliphatic carbocycles. The van der Waals surface area contributed by atoms with E-state index in [2.05, 4.69) is 50.2 Å². The zero-order chi connectivity index (χ0) is 14.0. The third kappa shape index (κ3) is 3.26. The van der Waals surface area contributed by atoms with Crippen LogP contribution in [0.25, 0.3) is 0 Å². The van der Waals surface area contributed by atoms with Gasteiger partial charge in [0, 0.05) is 24.8 Å². The van der Waals surface area contributed by atoms with Gasteiger partial charge in [-0.15, -0.1) is 0 Å². The highest BCUT2D eigenvalue weighted by Gasteiger charge is 2.32. The van der Waals surface area contributed by atoms with E-state index in [1.54, 1.807) is 0 Å². The van der Waals surface area contributed by atoms with Crippen molar-refractivity contribution in [2.45, 2.75) is 51.9 Å². The smallest absolute Gasteiger partial charge is 0.107 e. The lowest BCUT2D eigenvalue weighted by Gasteiger charge is -2.34. The molecule has 0 bridgehead atoms. The second-order valence-electron chi connectivity index (χ2n) is 5.97. The van der Waals surface area contributed by atoms with Gasteiger partial charge in [0.1, 0.15) is 5.66 Å². The van der Waals surface area contributed by atoms with E-state index in [1.807, 2.05) is 23.4 Å². The quantitative estimate of drug-likeness (QED) is 0.795. The van der Waals surface area contributed by atoms with Crippen molar-refractivity contribution >= 4 is 0 Å². The summed E-state index contributed by atoms with van der Waals surface area (Å²) in [4.78, 5) is 2.47. The molecular weight excluding hydrogens is 236 g/mol. The fraction of sp³-hybridized carbons (Fsp3) is 0.600. The van der Waals surface area contributed by atoms with Crippen molar-refractivity contribution in [3.8, 4) is 0 Å². The maximum atomic E-state index is 6.44. The van der Waals surface area contributed by atoms with Gasteiger partial charge in [0.25, 0.3) is 0 Å². The summed E-state index contributed by atoms with van der Waals surface area (Å²) < 4.78 is 0. The van der Waals surface area contributed by atoms with Gasteiger partial charge in [-0.2, -0.15) is 0 Å². The molecule has 0 aromatic heterocycles. The molecule has 0 aromatic rings. The van der Waals surface area contributed by atoms with Crippen LogP contribution in [0.1, 0.15) is 34.1 Å². The van der Waals surface area contributed by atoms with Gasteiger partial charge in [0.2, 0.25) is 0 Å². The molecule has 0 saturated heterocycles. The molecular formula is C15H26N4. The Morgan fingerprint density at radius 1 is 1.26 bits per heavy atom. The van der Waals surface area contributed by atoms with Crippen molar-refractivity contribution in [2.75, 3.05) is 6.54 Å². The second-order valence-corrected chi connectivity index (χ2v) is 5.97.